The van der Waals surface area contributed by atoms with Crippen molar-refractivity contribution in [2.24, 2.45) is 0 Å². The fourth-order valence-electron chi connectivity index (χ4n) is 1.53. The molecule has 1 heterocycles. The van der Waals surface area contributed by atoms with Gasteiger partial charge in [-0.05, 0) is 30.5 Å². The number of fused-ring (bicyclic) bond motifs is 1. The third-order valence-corrected chi connectivity index (χ3v) is 2.30. The molecule has 2 rings (SSSR count). The lowest BCUT2D eigenvalue weighted by atomic mass is 10.1. The predicted molar refractivity (Wildman–Crippen MR) is 57.7 cm³/mol. The molecule has 1 aromatic carbocycles. The number of aryl methyl sites for hydroxylation is 1. The number of ether oxygens (including phenoxy) is 2. The maximum absolute atomic E-state index is 10.2. The van der Waals surface area contributed by atoms with Crippen LogP contribution in [0.3, 0.4) is 0 Å². The van der Waals surface area contributed by atoms with Crippen LogP contribution < -0.4 is 9.47 Å². The van der Waals surface area contributed by atoms with E-state index in [1.807, 2.05) is 18.2 Å². The van der Waals surface area contributed by atoms with Gasteiger partial charge in [0.2, 0.25) is 6.79 Å². The normalized spacial score (nSPS) is 13.2. The zero-order valence-electron chi connectivity index (χ0n) is 8.68. The molecule has 0 saturated carbocycles. The highest BCUT2D eigenvalue weighted by molar-refractivity contribution is 5.79. The fourth-order valence-corrected chi connectivity index (χ4v) is 1.53. The first-order chi connectivity index (χ1) is 7.75. The molecule has 0 bridgehead atoms. The van der Waals surface area contributed by atoms with Crippen LogP contribution in [0.5, 0.6) is 11.5 Å². The van der Waals surface area contributed by atoms with E-state index in [0.29, 0.717) is 6.42 Å². The monoisotopic (exact) mass is 220 g/mol. The SMILES string of the molecule is O=C(O)/C=C/CCc1ccc2c(c1)OCO2. The van der Waals surface area contributed by atoms with E-state index in [0.717, 1.165) is 29.6 Å². The molecule has 0 aromatic heterocycles. The summed E-state index contributed by atoms with van der Waals surface area (Å²) in [6.07, 6.45) is 4.30. The molecular weight excluding hydrogens is 208 g/mol. The van der Waals surface area contributed by atoms with E-state index in [1.165, 1.54) is 0 Å². The maximum atomic E-state index is 10.2. The summed E-state index contributed by atoms with van der Waals surface area (Å²) < 4.78 is 10.4. The molecule has 1 aromatic rings. The average Bonchev–Trinajstić information content (AvgIpc) is 2.71. The van der Waals surface area contributed by atoms with Crippen molar-refractivity contribution in [3.8, 4) is 11.5 Å². The highest BCUT2D eigenvalue weighted by Gasteiger charge is 2.12. The number of hydrogen-bond acceptors (Lipinski definition) is 3. The topological polar surface area (TPSA) is 55.8 Å². The molecule has 0 atom stereocenters. The van der Waals surface area contributed by atoms with Crippen LogP contribution in [0.25, 0.3) is 0 Å². The van der Waals surface area contributed by atoms with Gasteiger partial charge >= 0.3 is 5.97 Å². The first-order valence-corrected chi connectivity index (χ1v) is 5.04. The Bertz CT molecular complexity index is 423. The van der Waals surface area contributed by atoms with Gasteiger partial charge in [-0.3, -0.25) is 0 Å². The summed E-state index contributed by atoms with van der Waals surface area (Å²) in [5, 5.41) is 8.41. The zero-order valence-corrected chi connectivity index (χ0v) is 8.68. The summed E-state index contributed by atoms with van der Waals surface area (Å²) in [5.41, 5.74) is 1.11. The average molecular weight is 220 g/mol. The van der Waals surface area contributed by atoms with Crippen LogP contribution in [-0.2, 0) is 11.2 Å². The molecule has 0 amide bonds. The van der Waals surface area contributed by atoms with Crippen LogP contribution in [0.4, 0.5) is 0 Å². The number of carbonyl (C=O) groups is 1. The van der Waals surface area contributed by atoms with Crippen molar-refractivity contribution in [1.29, 1.82) is 0 Å². The summed E-state index contributed by atoms with van der Waals surface area (Å²) in [6.45, 7) is 0.275. The molecule has 84 valence electrons. The van der Waals surface area contributed by atoms with Gasteiger partial charge in [-0.15, -0.1) is 0 Å². The number of hydrogen-bond donors (Lipinski definition) is 1. The molecule has 16 heavy (non-hydrogen) atoms. The molecule has 1 N–H and O–H groups in total. The zero-order chi connectivity index (χ0) is 11.4. The maximum Gasteiger partial charge on any atom is 0.327 e. The van der Waals surface area contributed by atoms with E-state index in [9.17, 15) is 4.79 Å². The van der Waals surface area contributed by atoms with Gasteiger partial charge < -0.3 is 14.6 Å². The Morgan fingerprint density at radius 3 is 3.00 bits per heavy atom. The molecule has 0 aliphatic carbocycles. The number of allylic oxidation sites excluding steroid dienone is 1. The van der Waals surface area contributed by atoms with E-state index in [-0.39, 0.29) is 6.79 Å². The Hall–Kier alpha value is -1.97. The van der Waals surface area contributed by atoms with Crippen molar-refractivity contribution >= 4 is 5.97 Å². The largest absolute Gasteiger partial charge is 0.478 e. The Balaban J connectivity index is 1.93. The third kappa shape index (κ3) is 2.53. The summed E-state index contributed by atoms with van der Waals surface area (Å²) in [7, 11) is 0. The van der Waals surface area contributed by atoms with Crippen LogP contribution in [0, 0.1) is 0 Å². The van der Waals surface area contributed by atoms with Crippen LogP contribution in [-0.4, -0.2) is 17.9 Å². The summed E-state index contributed by atoms with van der Waals surface area (Å²) >= 11 is 0. The van der Waals surface area contributed by atoms with Gasteiger partial charge in [0.25, 0.3) is 0 Å². The highest BCUT2D eigenvalue weighted by atomic mass is 16.7. The summed E-state index contributed by atoms with van der Waals surface area (Å²) in [4.78, 5) is 10.2. The number of rotatable bonds is 4. The fraction of sp³-hybridized carbons (Fsp3) is 0.250. The van der Waals surface area contributed by atoms with Gasteiger partial charge in [0.15, 0.2) is 11.5 Å². The molecule has 0 unspecified atom stereocenters. The van der Waals surface area contributed by atoms with Gasteiger partial charge in [0.05, 0.1) is 0 Å². The van der Waals surface area contributed by atoms with E-state index in [4.69, 9.17) is 14.6 Å². The van der Waals surface area contributed by atoms with Gasteiger partial charge in [0.1, 0.15) is 0 Å². The van der Waals surface area contributed by atoms with Crippen molar-refractivity contribution in [2.45, 2.75) is 12.8 Å². The molecule has 4 heteroatoms. The first-order valence-electron chi connectivity index (χ1n) is 5.04. The highest BCUT2D eigenvalue weighted by Crippen LogP contribution is 2.32. The lowest BCUT2D eigenvalue weighted by molar-refractivity contribution is -0.131. The van der Waals surface area contributed by atoms with Crippen molar-refractivity contribution in [3.05, 3.63) is 35.9 Å². The van der Waals surface area contributed by atoms with Gasteiger partial charge in [-0.25, -0.2) is 4.79 Å². The van der Waals surface area contributed by atoms with E-state index < -0.39 is 5.97 Å². The molecule has 1 aliphatic heterocycles. The number of carboxylic acid groups (broad SMARTS) is 1. The van der Waals surface area contributed by atoms with E-state index in [2.05, 4.69) is 0 Å². The molecule has 0 saturated heterocycles. The standard InChI is InChI=1S/C12H12O4/c13-12(14)4-2-1-3-9-5-6-10-11(7-9)16-8-15-10/h2,4-7H,1,3,8H2,(H,13,14)/b4-2+. The van der Waals surface area contributed by atoms with Crippen molar-refractivity contribution < 1.29 is 19.4 Å². The third-order valence-electron chi connectivity index (χ3n) is 2.30. The second-order valence-electron chi connectivity index (χ2n) is 3.47. The Labute approximate surface area is 93.1 Å². The number of aliphatic carboxylic acids is 1. The first kappa shape index (κ1) is 10.5. The van der Waals surface area contributed by atoms with Crippen LogP contribution >= 0.6 is 0 Å². The van der Waals surface area contributed by atoms with E-state index in [1.54, 1.807) is 6.08 Å². The molecule has 1 aliphatic rings. The Morgan fingerprint density at radius 2 is 2.19 bits per heavy atom. The second kappa shape index (κ2) is 4.70. The minimum Gasteiger partial charge on any atom is -0.478 e. The van der Waals surface area contributed by atoms with Gasteiger partial charge in [0, 0.05) is 6.08 Å². The van der Waals surface area contributed by atoms with Crippen LogP contribution in [0.2, 0.25) is 0 Å². The predicted octanol–water partition coefficient (Wildman–Crippen LogP) is 1.99. The lowest BCUT2D eigenvalue weighted by Crippen LogP contribution is -1.92. The number of benzene rings is 1. The summed E-state index contributed by atoms with van der Waals surface area (Å²) in [5.74, 6) is 0.621. The Kier molecular flexibility index (Phi) is 3.10. The second-order valence-corrected chi connectivity index (χ2v) is 3.47. The van der Waals surface area contributed by atoms with Gasteiger partial charge in [-0.1, -0.05) is 12.1 Å². The summed E-state index contributed by atoms with van der Waals surface area (Å²) in [6, 6.07) is 5.76. The minimum atomic E-state index is -0.911. The minimum absolute atomic E-state index is 0.275. The molecule has 0 fully saturated rings. The molecule has 4 nitrogen and oxygen atoms in total. The molecule has 0 spiro atoms. The van der Waals surface area contributed by atoms with E-state index >= 15 is 0 Å². The van der Waals surface area contributed by atoms with Crippen molar-refractivity contribution in [1.82, 2.24) is 0 Å². The lowest BCUT2D eigenvalue weighted by Gasteiger charge is -2.00. The van der Waals surface area contributed by atoms with Crippen molar-refractivity contribution in [3.63, 3.8) is 0 Å². The Morgan fingerprint density at radius 1 is 1.38 bits per heavy atom. The molecule has 0 radical (unpaired) electrons. The van der Waals surface area contributed by atoms with Gasteiger partial charge in [-0.2, -0.15) is 0 Å². The van der Waals surface area contributed by atoms with Crippen molar-refractivity contribution in [2.75, 3.05) is 6.79 Å². The number of carboxylic acids is 1. The van der Waals surface area contributed by atoms with Crippen LogP contribution in [0.15, 0.2) is 30.4 Å². The smallest absolute Gasteiger partial charge is 0.327 e. The van der Waals surface area contributed by atoms with Crippen LogP contribution in [0.1, 0.15) is 12.0 Å². The molecular formula is C12H12O4. The quantitative estimate of drug-likeness (QED) is 0.788.